The van der Waals surface area contributed by atoms with Gasteiger partial charge in [-0.05, 0) is 19.8 Å². The molecule has 0 spiro atoms. The second-order valence-corrected chi connectivity index (χ2v) is 8.11. The van der Waals surface area contributed by atoms with Gasteiger partial charge in [-0.3, -0.25) is 4.79 Å². The third kappa shape index (κ3) is 2.84. The molecule has 0 N–H and O–H groups in total. The molecule has 0 saturated carbocycles. The molecular formula is C14H16ClN3OS2. The predicted octanol–water partition coefficient (Wildman–Crippen LogP) is 3.76. The highest BCUT2D eigenvalue weighted by atomic mass is 35.5. The van der Waals surface area contributed by atoms with Gasteiger partial charge in [0.05, 0.1) is 17.4 Å². The number of rotatable bonds is 2. The SMILES string of the molecule is Cc1ncsc1C(=O)N1CCC(C)(c2ncc(Cl)s2)CC1. The molecule has 3 heterocycles. The van der Waals surface area contributed by atoms with Crippen LogP contribution in [0.5, 0.6) is 0 Å². The summed E-state index contributed by atoms with van der Waals surface area (Å²) in [6.07, 6.45) is 3.55. The van der Waals surface area contributed by atoms with Gasteiger partial charge in [0.2, 0.25) is 0 Å². The standard InChI is InChI=1S/C14H16ClN3OS2/c1-9-11(20-8-17-9)12(19)18-5-3-14(2,4-6-18)13-16-7-10(15)21-13/h7-8H,3-6H2,1-2H3. The number of carbonyl (C=O) groups is 1. The molecule has 0 aromatic carbocycles. The predicted molar refractivity (Wildman–Crippen MR) is 86.5 cm³/mol. The van der Waals surface area contributed by atoms with E-state index in [2.05, 4.69) is 16.9 Å². The zero-order valence-electron chi connectivity index (χ0n) is 11.9. The van der Waals surface area contributed by atoms with E-state index in [1.165, 1.54) is 11.3 Å². The Morgan fingerprint density at radius 1 is 1.38 bits per heavy atom. The van der Waals surface area contributed by atoms with E-state index in [1.54, 1.807) is 23.0 Å². The van der Waals surface area contributed by atoms with Gasteiger partial charge >= 0.3 is 0 Å². The molecule has 2 aromatic rings. The third-order valence-electron chi connectivity index (χ3n) is 4.09. The number of aromatic nitrogens is 2. The highest BCUT2D eigenvalue weighted by Crippen LogP contribution is 2.38. The number of carbonyl (C=O) groups excluding carboxylic acids is 1. The molecular weight excluding hydrogens is 326 g/mol. The van der Waals surface area contributed by atoms with Crippen LogP contribution in [0.3, 0.4) is 0 Å². The largest absolute Gasteiger partial charge is 0.338 e. The van der Waals surface area contributed by atoms with Gasteiger partial charge in [0.25, 0.3) is 5.91 Å². The van der Waals surface area contributed by atoms with Crippen molar-refractivity contribution in [2.24, 2.45) is 0 Å². The molecule has 112 valence electrons. The molecule has 0 bridgehead atoms. The summed E-state index contributed by atoms with van der Waals surface area (Å²) in [7, 11) is 0. The van der Waals surface area contributed by atoms with Crippen LogP contribution in [-0.2, 0) is 5.41 Å². The molecule has 1 aliphatic heterocycles. The molecule has 4 nitrogen and oxygen atoms in total. The molecule has 2 aromatic heterocycles. The van der Waals surface area contributed by atoms with Gasteiger partial charge in [-0.1, -0.05) is 18.5 Å². The topological polar surface area (TPSA) is 46.1 Å². The summed E-state index contributed by atoms with van der Waals surface area (Å²) in [5.74, 6) is 0.106. The maximum absolute atomic E-state index is 12.5. The van der Waals surface area contributed by atoms with Crippen LogP contribution >= 0.6 is 34.3 Å². The van der Waals surface area contributed by atoms with Crippen molar-refractivity contribution in [1.29, 1.82) is 0 Å². The van der Waals surface area contributed by atoms with Crippen molar-refractivity contribution in [3.05, 3.63) is 31.6 Å². The monoisotopic (exact) mass is 341 g/mol. The lowest BCUT2D eigenvalue weighted by Crippen LogP contribution is -2.43. The zero-order valence-corrected chi connectivity index (χ0v) is 14.3. The fourth-order valence-electron chi connectivity index (χ4n) is 2.60. The first kappa shape index (κ1) is 14.9. The second kappa shape index (κ2) is 5.66. The Hall–Kier alpha value is -0.980. The van der Waals surface area contributed by atoms with Gasteiger partial charge in [-0.15, -0.1) is 22.7 Å². The Morgan fingerprint density at radius 2 is 2.10 bits per heavy atom. The lowest BCUT2D eigenvalue weighted by atomic mass is 9.81. The van der Waals surface area contributed by atoms with E-state index in [0.29, 0.717) is 0 Å². The molecule has 21 heavy (non-hydrogen) atoms. The minimum absolute atomic E-state index is 0.0251. The summed E-state index contributed by atoms with van der Waals surface area (Å²) in [4.78, 5) is 23.8. The van der Waals surface area contributed by atoms with E-state index in [9.17, 15) is 4.79 Å². The summed E-state index contributed by atoms with van der Waals surface area (Å²) in [5, 5.41) is 1.08. The van der Waals surface area contributed by atoms with Crippen molar-refractivity contribution < 1.29 is 4.79 Å². The molecule has 0 aliphatic carbocycles. The first-order chi connectivity index (χ1) is 9.99. The summed E-state index contributed by atoms with van der Waals surface area (Å²) in [5.41, 5.74) is 2.58. The number of hydrogen-bond acceptors (Lipinski definition) is 5. The van der Waals surface area contributed by atoms with Gasteiger partial charge in [-0.25, -0.2) is 9.97 Å². The molecule has 0 radical (unpaired) electrons. The number of nitrogens with zero attached hydrogens (tertiary/aromatic N) is 3. The van der Waals surface area contributed by atoms with Crippen LogP contribution in [-0.4, -0.2) is 33.9 Å². The first-order valence-electron chi connectivity index (χ1n) is 6.81. The van der Waals surface area contributed by atoms with Crippen molar-refractivity contribution in [2.45, 2.75) is 32.1 Å². The van der Waals surface area contributed by atoms with E-state index >= 15 is 0 Å². The Kier molecular flexibility index (Phi) is 4.03. The van der Waals surface area contributed by atoms with Crippen LogP contribution in [0.1, 0.15) is 40.1 Å². The van der Waals surface area contributed by atoms with Crippen molar-refractivity contribution in [2.75, 3.05) is 13.1 Å². The van der Waals surface area contributed by atoms with E-state index < -0.39 is 0 Å². The minimum Gasteiger partial charge on any atom is -0.338 e. The molecule has 1 saturated heterocycles. The molecule has 3 rings (SSSR count). The normalized spacial score (nSPS) is 18.0. The highest BCUT2D eigenvalue weighted by Gasteiger charge is 2.36. The quantitative estimate of drug-likeness (QED) is 0.835. The number of piperidine rings is 1. The summed E-state index contributed by atoms with van der Waals surface area (Å²) in [6.45, 7) is 5.60. The van der Waals surface area contributed by atoms with Crippen LogP contribution in [0.4, 0.5) is 0 Å². The summed E-state index contributed by atoms with van der Waals surface area (Å²) < 4.78 is 0.727. The fourth-order valence-corrected chi connectivity index (χ4v) is 4.48. The summed E-state index contributed by atoms with van der Waals surface area (Å²) >= 11 is 8.96. The number of halogens is 1. The van der Waals surface area contributed by atoms with Crippen LogP contribution < -0.4 is 0 Å². The minimum atomic E-state index is 0.0251. The number of hydrogen-bond donors (Lipinski definition) is 0. The van der Waals surface area contributed by atoms with E-state index in [0.717, 1.165) is 45.8 Å². The average Bonchev–Trinajstić information content (AvgIpc) is 3.08. The van der Waals surface area contributed by atoms with Crippen molar-refractivity contribution >= 4 is 40.2 Å². The Labute approximate surface area is 136 Å². The number of likely N-dealkylation sites (tertiary alicyclic amines) is 1. The highest BCUT2D eigenvalue weighted by molar-refractivity contribution is 7.16. The smallest absolute Gasteiger partial charge is 0.265 e. The van der Waals surface area contributed by atoms with Crippen LogP contribution in [0.2, 0.25) is 4.34 Å². The number of aryl methyl sites for hydroxylation is 1. The first-order valence-corrected chi connectivity index (χ1v) is 8.88. The average molecular weight is 342 g/mol. The van der Waals surface area contributed by atoms with Gasteiger partial charge in [0.15, 0.2) is 0 Å². The maximum Gasteiger partial charge on any atom is 0.265 e. The molecule has 1 amide bonds. The molecule has 0 atom stereocenters. The lowest BCUT2D eigenvalue weighted by Gasteiger charge is -2.38. The van der Waals surface area contributed by atoms with Crippen molar-refractivity contribution in [3.8, 4) is 0 Å². The van der Waals surface area contributed by atoms with Crippen LogP contribution in [0.15, 0.2) is 11.7 Å². The number of thiazole rings is 2. The van der Waals surface area contributed by atoms with Gasteiger partial charge < -0.3 is 4.90 Å². The lowest BCUT2D eigenvalue weighted by molar-refractivity contribution is 0.0680. The van der Waals surface area contributed by atoms with E-state index in [-0.39, 0.29) is 11.3 Å². The Morgan fingerprint density at radius 3 is 2.62 bits per heavy atom. The Balaban J connectivity index is 1.70. The van der Waals surface area contributed by atoms with Crippen molar-refractivity contribution in [1.82, 2.24) is 14.9 Å². The zero-order chi connectivity index (χ0) is 15.0. The van der Waals surface area contributed by atoms with Crippen LogP contribution in [0, 0.1) is 6.92 Å². The Bertz CT molecular complexity index is 659. The number of amides is 1. The molecule has 1 aliphatic rings. The molecule has 0 unspecified atom stereocenters. The molecule has 7 heteroatoms. The van der Waals surface area contributed by atoms with Gasteiger partial charge in [0.1, 0.15) is 14.2 Å². The summed E-state index contributed by atoms with van der Waals surface area (Å²) in [6, 6.07) is 0. The third-order valence-corrected chi connectivity index (χ3v) is 6.43. The fraction of sp³-hybridized carbons (Fsp3) is 0.500. The van der Waals surface area contributed by atoms with Gasteiger partial charge in [0, 0.05) is 18.5 Å². The van der Waals surface area contributed by atoms with Crippen molar-refractivity contribution in [3.63, 3.8) is 0 Å². The molecule has 1 fully saturated rings. The van der Waals surface area contributed by atoms with Crippen LogP contribution in [0.25, 0.3) is 0 Å². The second-order valence-electron chi connectivity index (χ2n) is 5.59. The maximum atomic E-state index is 12.5. The van der Waals surface area contributed by atoms with E-state index in [1.807, 2.05) is 11.8 Å². The van der Waals surface area contributed by atoms with Gasteiger partial charge in [-0.2, -0.15) is 0 Å². The van der Waals surface area contributed by atoms with E-state index in [4.69, 9.17) is 11.6 Å².